The molecule has 3 rings (SSSR count). The Morgan fingerprint density at radius 2 is 1.83 bits per heavy atom. The van der Waals surface area contributed by atoms with Crippen molar-refractivity contribution in [3.05, 3.63) is 60.2 Å². The van der Waals surface area contributed by atoms with Crippen LogP contribution in [0.4, 0.5) is 0 Å². The summed E-state index contributed by atoms with van der Waals surface area (Å²) in [7, 11) is -2.11. The molecule has 1 aliphatic rings. The van der Waals surface area contributed by atoms with E-state index in [2.05, 4.69) is 21.8 Å². The molecule has 1 saturated heterocycles. The number of para-hydroxylation sites is 1. The summed E-state index contributed by atoms with van der Waals surface area (Å²) in [6.07, 6.45) is 0.807. The summed E-state index contributed by atoms with van der Waals surface area (Å²) < 4.78 is 33.2. The van der Waals surface area contributed by atoms with E-state index in [4.69, 9.17) is 4.74 Å². The van der Waals surface area contributed by atoms with Crippen LogP contribution in [0.5, 0.6) is 5.75 Å². The van der Waals surface area contributed by atoms with Gasteiger partial charge in [0.2, 0.25) is 10.0 Å². The molecular weight excluding hydrogens is 324 g/mol. The highest BCUT2D eigenvalue weighted by atomic mass is 32.2. The van der Waals surface area contributed by atoms with Crippen LogP contribution < -0.4 is 9.46 Å². The van der Waals surface area contributed by atoms with Crippen molar-refractivity contribution in [1.29, 1.82) is 0 Å². The molecule has 5 nitrogen and oxygen atoms in total. The first-order valence-corrected chi connectivity index (χ1v) is 9.48. The van der Waals surface area contributed by atoms with Gasteiger partial charge >= 0.3 is 0 Å². The maximum atomic E-state index is 12.6. The largest absolute Gasteiger partial charge is 0.495 e. The molecule has 0 amide bonds. The Bertz CT molecular complexity index is 778. The van der Waals surface area contributed by atoms with Crippen molar-refractivity contribution in [2.75, 3.05) is 20.2 Å². The zero-order valence-electron chi connectivity index (χ0n) is 13.7. The van der Waals surface area contributed by atoms with Gasteiger partial charge in [-0.3, -0.25) is 4.90 Å². The van der Waals surface area contributed by atoms with Gasteiger partial charge < -0.3 is 4.74 Å². The molecule has 0 saturated carbocycles. The first-order valence-electron chi connectivity index (χ1n) is 8.00. The second kappa shape index (κ2) is 7.34. The van der Waals surface area contributed by atoms with Crippen molar-refractivity contribution < 1.29 is 13.2 Å². The lowest BCUT2D eigenvalue weighted by Crippen LogP contribution is -2.37. The molecule has 1 atom stereocenters. The smallest absolute Gasteiger partial charge is 0.244 e. The highest BCUT2D eigenvalue weighted by Gasteiger charge is 2.28. The number of sulfonamides is 1. The number of benzene rings is 2. The zero-order chi connectivity index (χ0) is 17.0. The van der Waals surface area contributed by atoms with E-state index in [9.17, 15) is 8.42 Å². The summed E-state index contributed by atoms with van der Waals surface area (Å²) in [6, 6.07) is 16.8. The molecule has 0 aliphatic carbocycles. The molecule has 6 heteroatoms. The summed E-state index contributed by atoms with van der Waals surface area (Å²) in [5.74, 6) is 0.365. The predicted octanol–water partition coefficient (Wildman–Crippen LogP) is 2.25. The SMILES string of the molecule is COc1ccccc1S(=O)(=O)NC1CCN(Cc2ccccc2)C1. The molecule has 1 aliphatic heterocycles. The molecule has 0 radical (unpaired) electrons. The number of methoxy groups -OCH3 is 1. The van der Waals surface area contributed by atoms with Gasteiger partial charge in [-0.25, -0.2) is 13.1 Å². The second-order valence-electron chi connectivity index (χ2n) is 5.98. The average molecular weight is 346 g/mol. The third kappa shape index (κ3) is 3.95. The Hall–Kier alpha value is -1.89. The monoisotopic (exact) mass is 346 g/mol. The van der Waals surface area contributed by atoms with Crippen molar-refractivity contribution in [2.24, 2.45) is 0 Å². The lowest BCUT2D eigenvalue weighted by Gasteiger charge is -2.17. The van der Waals surface area contributed by atoms with E-state index < -0.39 is 10.0 Å². The molecular formula is C18H22N2O3S. The summed E-state index contributed by atoms with van der Waals surface area (Å²) in [5.41, 5.74) is 1.24. The van der Waals surface area contributed by atoms with Crippen LogP contribution in [0.15, 0.2) is 59.5 Å². The van der Waals surface area contributed by atoms with Crippen molar-refractivity contribution >= 4 is 10.0 Å². The number of likely N-dealkylation sites (tertiary alicyclic amines) is 1. The Morgan fingerprint density at radius 1 is 1.12 bits per heavy atom. The summed E-state index contributed by atoms with van der Waals surface area (Å²) in [4.78, 5) is 2.46. The Balaban J connectivity index is 1.64. The van der Waals surface area contributed by atoms with Crippen LogP contribution in [-0.2, 0) is 16.6 Å². The van der Waals surface area contributed by atoms with Crippen LogP contribution >= 0.6 is 0 Å². The predicted molar refractivity (Wildman–Crippen MR) is 93.4 cm³/mol. The fourth-order valence-corrected chi connectivity index (χ4v) is 4.47. The van der Waals surface area contributed by atoms with Crippen molar-refractivity contribution in [2.45, 2.75) is 23.9 Å². The molecule has 1 fully saturated rings. The third-order valence-corrected chi connectivity index (χ3v) is 5.76. The molecule has 24 heavy (non-hydrogen) atoms. The van der Waals surface area contributed by atoms with Gasteiger partial charge in [-0.15, -0.1) is 0 Å². The molecule has 0 aromatic heterocycles. The van der Waals surface area contributed by atoms with Crippen molar-refractivity contribution in [3.8, 4) is 5.75 Å². The van der Waals surface area contributed by atoms with Crippen molar-refractivity contribution in [3.63, 3.8) is 0 Å². The van der Waals surface area contributed by atoms with Crippen LogP contribution in [0.2, 0.25) is 0 Å². The summed E-state index contributed by atoms with van der Waals surface area (Å²) in [5, 5.41) is 0. The fourth-order valence-electron chi connectivity index (χ4n) is 3.04. The number of hydrogen-bond acceptors (Lipinski definition) is 4. The highest BCUT2D eigenvalue weighted by molar-refractivity contribution is 7.89. The van der Waals surface area contributed by atoms with Crippen LogP contribution in [0.3, 0.4) is 0 Å². The second-order valence-corrected chi connectivity index (χ2v) is 7.66. The first-order chi connectivity index (χ1) is 11.6. The molecule has 2 aromatic carbocycles. The normalized spacial score (nSPS) is 18.6. The van der Waals surface area contributed by atoms with Crippen LogP contribution in [0.25, 0.3) is 0 Å². The fraction of sp³-hybridized carbons (Fsp3) is 0.333. The number of ether oxygens (including phenoxy) is 1. The number of nitrogens with zero attached hydrogens (tertiary/aromatic N) is 1. The van der Waals surface area contributed by atoms with Gasteiger partial charge in [-0.1, -0.05) is 42.5 Å². The number of rotatable bonds is 6. The van der Waals surface area contributed by atoms with Crippen LogP contribution in [0, 0.1) is 0 Å². The van der Waals surface area contributed by atoms with E-state index in [1.54, 1.807) is 24.3 Å². The van der Waals surface area contributed by atoms with Gasteiger partial charge in [0.05, 0.1) is 7.11 Å². The van der Waals surface area contributed by atoms with Crippen molar-refractivity contribution in [1.82, 2.24) is 9.62 Å². The summed E-state index contributed by atoms with van der Waals surface area (Å²) in [6.45, 7) is 2.44. The topological polar surface area (TPSA) is 58.6 Å². The molecule has 128 valence electrons. The Kier molecular flexibility index (Phi) is 5.18. The van der Waals surface area contributed by atoms with Gasteiger partial charge in [-0.2, -0.15) is 0 Å². The van der Waals surface area contributed by atoms with Gasteiger partial charge in [0.25, 0.3) is 0 Å². The molecule has 0 spiro atoms. The van der Waals surface area contributed by atoms with Gasteiger partial charge in [0.1, 0.15) is 10.6 Å². The third-order valence-electron chi connectivity index (χ3n) is 4.20. The summed E-state index contributed by atoms with van der Waals surface area (Å²) >= 11 is 0. The van der Waals surface area contributed by atoms with Gasteiger partial charge in [0.15, 0.2) is 0 Å². The van der Waals surface area contributed by atoms with Gasteiger partial charge in [0, 0.05) is 25.7 Å². The molecule has 2 aromatic rings. The van der Waals surface area contributed by atoms with Crippen LogP contribution in [0.1, 0.15) is 12.0 Å². The average Bonchev–Trinajstić information content (AvgIpc) is 3.02. The first kappa shape index (κ1) is 17.0. The maximum absolute atomic E-state index is 12.6. The molecule has 1 unspecified atom stereocenters. The highest BCUT2D eigenvalue weighted by Crippen LogP contribution is 2.24. The lowest BCUT2D eigenvalue weighted by atomic mass is 10.2. The molecule has 1 N–H and O–H groups in total. The molecule has 1 heterocycles. The standard InChI is InChI=1S/C18H22N2O3S/c1-23-17-9-5-6-10-18(17)24(21,22)19-16-11-12-20(14-16)13-15-7-3-2-4-8-15/h2-10,16,19H,11-14H2,1H3. The lowest BCUT2D eigenvalue weighted by molar-refractivity contribution is 0.324. The number of hydrogen-bond donors (Lipinski definition) is 1. The Morgan fingerprint density at radius 3 is 2.58 bits per heavy atom. The number of nitrogens with one attached hydrogen (secondary N) is 1. The van der Waals surface area contributed by atoms with E-state index in [0.29, 0.717) is 12.3 Å². The van der Waals surface area contributed by atoms with E-state index in [-0.39, 0.29) is 10.9 Å². The van der Waals surface area contributed by atoms with E-state index >= 15 is 0 Å². The van der Waals surface area contributed by atoms with Crippen LogP contribution in [-0.4, -0.2) is 39.6 Å². The van der Waals surface area contributed by atoms with E-state index in [1.807, 2.05) is 18.2 Å². The maximum Gasteiger partial charge on any atom is 0.244 e. The van der Waals surface area contributed by atoms with E-state index in [1.165, 1.54) is 12.7 Å². The molecule has 0 bridgehead atoms. The minimum Gasteiger partial charge on any atom is -0.495 e. The van der Waals surface area contributed by atoms with E-state index in [0.717, 1.165) is 19.5 Å². The quantitative estimate of drug-likeness (QED) is 0.872. The minimum absolute atomic E-state index is 0.0800. The van der Waals surface area contributed by atoms with Gasteiger partial charge in [-0.05, 0) is 24.1 Å². The minimum atomic E-state index is -3.58. The zero-order valence-corrected chi connectivity index (χ0v) is 14.5. The Labute approximate surface area is 143 Å².